The fraction of sp³-hybridized carbons (Fsp3) is 0.333. The van der Waals surface area contributed by atoms with Crippen LogP contribution < -0.4 is 14.4 Å². The summed E-state index contributed by atoms with van der Waals surface area (Å²) in [6, 6.07) is 22.6. The Bertz CT molecular complexity index is 1370. The van der Waals surface area contributed by atoms with Crippen molar-refractivity contribution in [2.24, 2.45) is 0 Å². The maximum atomic E-state index is 14.1. The molecule has 3 rings (SSSR count). The molecule has 1 atom stereocenters. The second-order valence-electron chi connectivity index (χ2n) is 9.47. The van der Waals surface area contributed by atoms with Crippen molar-refractivity contribution in [3.63, 3.8) is 0 Å². The van der Waals surface area contributed by atoms with Gasteiger partial charge in [0.15, 0.2) is 0 Å². The molecule has 0 bridgehead atoms. The number of nitrogens with one attached hydrogen (secondary N) is 1. The highest BCUT2D eigenvalue weighted by atomic mass is 79.9. The van der Waals surface area contributed by atoms with E-state index in [9.17, 15) is 18.0 Å². The Labute approximate surface area is 245 Å². The molecular formula is C30H36BrN3O5S. The van der Waals surface area contributed by atoms with Gasteiger partial charge in [0.05, 0.1) is 19.1 Å². The summed E-state index contributed by atoms with van der Waals surface area (Å²) in [4.78, 5) is 29.1. The third-order valence-electron chi connectivity index (χ3n) is 6.38. The van der Waals surface area contributed by atoms with E-state index in [1.54, 1.807) is 24.3 Å². The van der Waals surface area contributed by atoms with Crippen molar-refractivity contribution in [3.8, 4) is 5.75 Å². The van der Waals surface area contributed by atoms with Gasteiger partial charge in [-0.2, -0.15) is 0 Å². The van der Waals surface area contributed by atoms with Gasteiger partial charge in [-0.05, 0) is 53.9 Å². The minimum Gasteiger partial charge on any atom is -0.497 e. The predicted octanol–water partition coefficient (Wildman–Crippen LogP) is 4.78. The number of ether oxygens (including phenoxy) is 1. The van der Waals surface area contributed by atoms with Gasteiger partial charge in [-0.3, -0.25) is 13.9 Å². The minimum atomic E-state index is -3.83. The Morgan fingerprint density at radius 1 is 0.975 bits per heavy atom. The lowest BCUT2D eigenvalue weighted by molar-refractivity contribution is -0.140. The average Bonchev–Trinajstić information content (AvgIpc) is 2.93. The van der Waals surface area contributed by atoms with E-state index in [4.69, 9.17) is 4.74 Å². The third-order valence-corrected chi connectivity index (χ3v) is 8.02. The Kier molecular flexibility index (Phi) is 11.6. The van der Waals surface area contributed by atoms with E-state index in [-0.39, 0.29) is 18.9 Å². The Morgan fingerprint density at radius 2 is 1.65 bits per heavy atom. The zero-order chi connectivity index (χ0) is 29.1. The van der Waals surface area contributed by atoms with Gasteiger partial charge in [-0.1, -0.05) is 71.7 Å². The van der Waals surface area contributed by atoms with E-state index >= 15 is 0 Å². The van der Waals surface area contributed by atoms with Crippen LogP contribution in [-0.4, -0.2) is 57.6 Å². The van der Waals surface area contributed by atoms with Crippen LogP contribution in [0.1, 0.15) is 30.9 Å². The number of amides is 2. The molecule has 2 amide bonds. The first kappa shape index (κ1) is 31.2. The normalized spacial score (nSPS) is 11.9. The molecule has 3 aromatic rings. The molecular weight excluding hydrogens is 594 g/mol. The molecule has 0 radical (unpaired) electrons. The van der Waals surface area contributed by atoms with Crippen molar-refractivity contribution >= 4 is 43.5 Å². The topological polar surface area (TPSA) is 96.0 Å². The summed E-state index contributed by atoms with van der Waals surface area (Å²) in [5.74, 6) is -0.213. The summed E-state index contributed by atoms with van der Waals surface area (Å²) in [5.41, 5.74) is 2.02. The summed E-state index contributed by atoms with van der Waals surface area (Å²) in [6.45, 7) is 2.18. The van der Waals surface area contributed by atoms with Gasteiger partial charge in [-0.25, -0.2) is 8.42 Å². The van der Waals surface area contributed by atoms with Crippen molar-refractivity contribution in [3.05, 3.63) is 94.5 Å². The van der Waals surface area contributed by atoms with Crippen molar-refractivity contribution in [1.29, 1.82) is 0 Å². The summed E-state index contributed by atoms with van der Waals surface area (Å²) in [6.07, 6.45) is 3.06. The standard InChI is InChI=1S/C30H36BrN3O5S/c1-4-5-18-32-30(36)28(20-23-10-7-6-8-11-23)33(21-24-12-9-13-25(31)19-24)29(35)22-34(40(3,37)38)26-14-16-27(39-2)17-15-26/h6-17,19,28H,4-5,18,20-22H2,1-3H3,(H,32,36). The van der Waals surface area contributed by atoms with E-state index in [1.807, 2.05) is 61.5 Å². The number of anilines is 1. The highest BCUT2D eigenvalue weighted by Crippen LogP contribution is 2.23. The Balaban J connectivity index is 2.02. The molecule has 1 unspecified atom stereocenters. The first-order chi connectivity index (χ1) is 19.1. The number of halogens is 1. The molecule has 214 valence electrons. The van der Waals surface area contributed by atoms with Crippen LogP contribution in [0, 0.1) is 0 Å². The van der Waals surface area contributed by atoms with Crippen molar-refractivity contribution in [2.75, 3.05) is 30.8 Å². The van der Waals surface area contributed by atoms with Gasteiger partial charge in [0.25, 0.3) is 0 Å². The van der Waals surface area contributed by atoms with Gasteiger partial charge < -0.3 is 15.0 Å². The molecule has 0 heterocycles. The minimum absolute atomic E-state index is 0.122. The van der Waals surface area contributed by atoms with Gasteiger partial charge in [-0.15, -0.1) is 0 Å². The average molecular weight is 631 g/mol. The number of sulfonamides is 1. The van der Waals surface area contributed by atoms with Crippen LogP contribution in [0.15, 0.2) is 83.3 Å². The molecule has 10 heteroatoms. The number of hydrogen-bond acceptors (Lipinski definition) is 5. The SMILES string of the molecule is CCCCNC(=O)C(Cc1ccccc1)N(Cc1cccc(Br)c1)C(=O)CN(c1ccc(OC)cc1)S(C)(=O)=O. The first-order valence-corrected chi connectivity index (χ1v) is 15.7. The third kappa shape index (κ3) is 9.09. The van der Waals surface area contributed by atoms with E-state index < -0.39 is 28.5 Å². The van der Waals surface area contributed by atoms with Gasteiger partial charge in [0.1, 0.15) is 18.3 Å². The fourth-order valence-corrected chi connectivity index (χ4v) is 5.55. The Hall–Kier alpha value is -3.37. The number of carbonyl (C=O) groups excluding carboxylic acids is 2. The van der Waals surface area contributed by atoms with E-state index in [2.05, 4.69) is 21.2 Å². The molecule has 8 nitrogen and oxygen atoms in total. The van der Waals surface area contributed by atoms with Crippen LogP contribution in [0.3, 0.4) is 0 Å². The number of methoxy groups -OCH3 is 1. The zero-order valence-corrected chi connectivity index (χ0v) is 25.4. The van der Waals surface area contributed by atoms with E-state index in [1.165, 1.54) is 12.0 Å². The second-order valence-corrected chi connectivity index (χ2v) is 12.3. The van der Waals surface area contributed by atoms with Crippen molar-refractivity contribution in [2.45, 2.75) is 38.8 Å². The predicted molar refractivity (Wildman–Crippen MR) is 162 cm³/mol. The number of hydrogen-bond donors (Lipinski definition) is 1. The number of nitrogens with zero attached hydrogens (tertiary/aromatic N) is 2. The van der Waals surface area contributed by atoms with Gasteiger partial charge in [0, 0.05) is 24.0 Å². The number of unbranched alkanes of at least 4 members (excludes halogenated alkanes) is 1. The van der Waals surface area contributed by atoms with Crippen LogP contribution in [-0.2, 0) is 32.6 Å². The van der Waals surface area contributed by atoms with Crippen LogP contribution in [0.5, 0.6) is 5.75 Å². The maximum absolute atomic E-state index is 14.1. The molecule has 0 aliphatic rings. The number of carbonyl (C=O) groups is 2. The summed E-state index contributed by atoms with van der Waals surface area (Å²) < 4.78 is 32.8. The summed E-state index contributed by atoms with van der Waals surface area (Å²) >= 11 is 3.48. The maximum Gasteiger partial charge on any atom is 0.244 e. The molecule has 0 aliphatic carbocycles. The van der Waals surface area contributed by atoms with Crippen LogP contribution in [0.4, 0.5) is 5.69 Å². The van der Waals surface area contributed by atoms with Crippen molar-refractivity contribution < 1.29 is 22.7 Å². The molecule has 0 saturated heterocycles. The number of benzene rings is 3. The van der Waals surface area contributed by atoms with Gasteiger partial charge in [0.2, 0.25) is 21.8 Å². The Morgan fingerprint density at radius 3 is 2.25 bits per heavy atom. The number of rotatable bonds is 14. The summed E-state index contributed by atoms with van der Waals surface area (Å²) in [7, 11) is -2.31. The lowest BCUT2D eigenvalue weighted by atomic mass is 10.0. The van der Waals surface area contributed by atoms with E-state index in [0.29, 0.717) is 18.0 Å². The molecule has 40 heavy (non-hydrogen) atoms. The zero-order valence-electron chi connectivity index (χ0n) is 23.0. The highest BCUT2D eigenvalue weighted by Gasteiger charge is 2.33. The summed E-state index contributed by atoms with van der Waals surface area (Å²) in [5, 5.41) is 2.98. The molecule has 0 fully saturated rings. The lowest BCUT2D eigenvalue weighted by Crippen LogP contribution is -2.53. The monoisotopic (exact) mass is 629 g/mol. The second kappa shape index (κ2) is 14.9. The van der Waals surface area contributed by atoms with E-state index in [0.717, 1.165) is 39.0 Å². The smallest absolute Gasteiger partial charge is 0.244 e. The lowest BCUT2D eigenvalue weighted by Gasteiger charge is -2.33. The molecule has 0 saturated carbocycles. The largest absolute Gasteiger partial charge is 0.497 e. The first-order valence-electron chi connectivity index (χ1n) is 13.1. The van der Waals surface area contributed by atoms with Crippen LogP contribution >= 0.6 is 15.9 Å². The van der Waals surface area contributed by atoms with Crippen molar-refractivity contribution in [1.82, 2.24) is 10.2 Å². The molecule has 0 aliphatic heterocycles. The quantitative estimate of drug-likeness (QED) is 0.259. The molecule has 3 aromatic carbocycles. The molecule has 0 aromatic heterocycles. The fourth-order valence-electron chi connectivity index (χ4n) is 4.25. The van der Waals surface area contributed by atoms with Crippen LogP contribution in [0.25, 0.3) is 0 Å². The highest BCUT2D eigenvalue weighted by molar-refractivity contribution is 9.10. The molecule has 1 N–H and O–H groups in total. The van der Waals surface area contributed by atoms with Gasteiger partial charge >= 0.3 is 0 Å². The van der Waals surface area contributed by atoms with Crippen LogP contribution in [0.2, 0.25) is 0 Å². The molecule has 0 spiro atoms.